The van der Waals surface area contributed by atoms with Gasteiger partial charge >= 0.3 is 0 Å². The van der Waals surface area contributed by atoms with E-state index in [4.69, 9.17) is 9.15 Å². The fourth-order valence-electron chi connectivity index (χ4n) is 3.99. The highest BCUT2D eigenvalue weighted by Gasteiger charge is 2.25. The summed E-state index contributed by atoms with van der Waals surface area (Å²) in [6, 6.07) is 18.2. The van der Waals surface area contributed by atoms with Crippen LogP contribution in [0.3, 0.4) is 0 Å². The summed E-state index contributed by atoms with van der Waals surface area (Å²) in [5.41, 5.74) is 1.95. The van der Waals surface area contributed by atoms with E-state index < -0.39 is 11.4 Å². The molecule has 4 rings (SSSR count). The highest BCUT2D eigenvalue weighted by Crippen LogP contribution is 2.41. The number of rotatable bonds is 7. The molecule has 2 N–H and O–H groups in total. The predicted octanol–water partition coefficient (Wildman–Crippen LogP) is 5.70. The molecule has 0 bridgehead atoms. The van der Waals surface area contributed by atoms with E-state index in [1.54, 1.807) is 56.3 Å². The molecule has 188 valence electrons. The first-order valence-electron chi connectivity index (χ1n) is 11.7. The minimum atomic E-state index is -1.03. The number of hydrogen-bond acceptors (Lipinski definition) is 5. The monoisotopic (exact) mass is 499 g/mol. The number of nitrogens with zero attached hydrogens (tertiary/aromatic N) is 1. The minimum Gasteiger partial charge on any atom is -0.493 e. The second-order valence-electron chi connectivity index (χ2n) is 8.94. The van der Waals surface area contributed by atoms with Gasteiger partial charge in [-0.05, 0) is 68.8 Å². The Morgan fingerprint density at radius 2 is 1.78 bits per heavy atom. The fraction of sp³-hybridized carbons (Fsp3) is 0.207. The molecule has 0 atom stereocenters. The summed E-state index contributed by atoms with van der Waals surface area (Å²) >= 11 is 0. The lowest BCUT2D eigenvalue weighted by atomic mass is 9.97. The predicted molar refractivity (Wildman–Crippen MR) is 139 cm³/mol. The minimum absolute atomic E-state index is 0.304. The van der Waals surface area contributed by atoms with Crippen LogP contribution in [0.5, 0.6) is 5.75 Å². The number of carbonyl (C=O) groups is 2. The Kier molecular flexibility index (Phi) is 6.98. The van der Waals surface area contributed by atoms with Crippen LogP contribution >= 0.6 is 0 Å². The summed E-state index contributed by atoms with van der Waals surface area (Å²) in [6.07, 6.45) is 0. The van der Waals surface area contributed by atoms with E-state index in [0.29, 0.717) is 56.9 Å². The Morgan fingerprint density at radius 3 is 2.43 bits per heavy atom. The lowest BCUT2D eigenvalue weighted by Crippen LogP contribution is -2.42. The smallest absolute Gasteiger partial charge is 0.255 e. The number of nitriles is 1. The number of carbonyl (C=O) groups excluding carboxylic acids is 2. The van der Waals surface area contributed by atoms with E-state index in [2.05, 4.69) is 16.7 Å². The zero-order valence-electron chi connectivity index (χ0n) is 20.9. The van der Waals surface area contributed by atoms with Crippen LogP contribution in [0.1, 0.15) is 41.5 Å². The Morgan fingerprint density at radius 1 is 1.05 bits per heavy atom. The SMILES string of the molecule is CCOc1cc2oc(-c3ccc(F)cc3)c(C(=O)NC)c2cc1-c1cccc(C(=O)NC(C)(C)C#N)c1. The molecule has 7 nitrogen and oxygen atoms in total. The number of ether oxygens (including phenoxy) is 1. The van der Waals surface area contributed by atoms with E-state index in [1.165, 1.54) is 19.2 Å². The first-order chi connectivity index (χ1) is 17.7. The average Bonchev–Trinajstić information content (AvgIpc) is 3.26. The van der Waals surface area contributed by atoms with E-state index in [1.807, 2.05) is 13.0 Å². The molecule has 0 saturated heterocycles. The molecule has 3 aromatic carbocycles. The van der Waals surface area contributed by atoms with Gasteiger partial charge in [-0.25, -0.2) is 4.39 Å². The molecule has 0 aliphatic rings. The first kappa shape index (κ1) is 25.5. The van der Waals surface area contributed by atoms with Crippen molar-refractivity contribution in [1.82, 2.24) is 10.6 Å². The summed E-state index contributed by atoms with van der Waals surface area (Å²) in [4.78, 5) is 25.8. The normalized spacial score (nSPS) is 11.1. The quantitative estimate of drug-likeness (QED) is 0.340. The van der Waals surface area contributed by atoms with E-state index in [9.17, 15) is 19.2 Å². The summed E-state index contributed by atoms with van der Waals surface area (Å²) in [5.74, 6) is -0.335. The average molecular weight is 500 g/mol. The molecule has 0 aliphatic heterocycles. The summed E-state index contributed by atoms with van der Waals surface area (Å²) in [6.45, 7) is 5.47. The van der Waals surface area contributed by atoms with Gasteiger partial charge in [-0.3, -0.25) is 9.59 Å². The Labute approximate surface area is 213 Å². The van der Waals surface area contributed by atoms with Crippen LogP contribution in [-0.2, 0) is 0 Å². The lowest BCUT2D eigenvalue weighted by molar-refractivity contribution is 0.0927. The molecule has 0 unspecified atom stereocenters. The van der Waals surface area contributed by atoms with Crippen molar-refractivity contribution in [2.45, 2.75) is 26.3 Å². The van der Waals surface area contributed by atoms with E-state index in [-0.39, 0.29) is 11.8 Å². The molecule has 0 aliphatic carbocycles. The Hall–Kier alpha value is -4.64. The highest BCUT2D eigenvalue weighted by molar-refractivity contribution is 6.12. The first-order valence-corrected chi connectivity index (χ1v) is 11.7. The van der Waals surface area contributed by atoms with Crippen LogP contribution in [-0.4, -0.2) is 31.0 Å². The van der Waals surface area contributed by atoms with E-state index >= 15 is 0 Å². The maximum Gasteiger partial charge on any atom is 0.255 e. The maximum atomic E-state index is 13.5. The second kappa shape index (κ2) is 10.2. The number of amides is 2. The van der Waals surface area contributed by atoms with Crippen LogP contribution in [0.4, 0.5) is 4.39 Å². The van der Waals surface area contributed by atoms with Crippen molar-refractivity contribution >= 4 is 22.8 Å². The zero-order chi connectivity index (χ0) is 26.7. The van der Waals surface area contributed by atoms with Crippen molar-refractivity contribution in [3.05, 3.63) is 77.6 Å². The highest BCUT2D eigenvalue weighted by atomic mass is 19.1. The summed E-state index contributed by atoms with van der Waals surface area (Å²) in [5, 5.41) is 15.2. The molecule has 4 aromatic rings. The van der Waals surface area contributed by atoms with Crippen molar-refractivity contribution in [2.24, 2.45) is 0 Å². The van der Waals surface area contributed by atoms with Crippen LogP contribution in [0.15, 0.2) is 65.1 Å². The topological polar surface area (TPSA) is 104 Å². The number of nitrogens with one attached hydrogen (secondary N) is 2. The molecule has 0 spiro atoms. The third-order valence-electron chi connectivity index (χ3n) is 5.79. The largest absolute Gasteiger partial charge is 0.493 e. The molecule has 0 saturated carbocycles. The molecule has 37 heavy (non-hydrogen) atoms. The van der Waals surface area contributed by atoms with Crippen molar-refractivity contribution in [2.75, 3.05) is 13.7 Å². The van der Waals surface area contributed by atoms with Gasteiger partial charge in [0.05, 0.1) is 18.2 Å². The van der Waals surface area contributed by atoms with Crippen molar-refractivity contribution in [3.63, 3.8) is 0 Å². The molecule has 0 fully saturated rings. The molecular formula is C29H26FN3O4. The number of fused-ring (bicyclic) bond motifs is 1. The van der Waals surface area contributed by atoms with Gasteiger partial charge in [0.2, 0.25) is 0 Å². The van der Waals surface area contributed by atoms with Crippen molar-refractivity contribution in [1.29, 1.82) is 5.26 Å². The van der Waals surface area contributed by atoms with Gasteiger partial charge in [0.15, 0.2) is 0 Å². The molecule has 2 amide bonds. The number of furan rings is 1. The zero-order valence-corrected chi connectivity index (χ0v) is 20.9. The standard InChI is InChI=1S/C29H26FN3O4/c1-5-36-23-15-24-22(25(28(35)32-4)26(37-24)17-9-11-20(30)12-10-17)14-21(23)18-7-6-8-19(13-18)27(34)33-29(2,3)16-31/h6-15H,5H2,1-4H3,(H,32,35)(H,33,34). The van der Waals surface area contributed by atoms with Crippen LogP contribution in [0.2, 0.25) is 0 Å². The summed E-state index contributed by atoms with van der Waals surface area (Å²) < 4.78 is 25.5. The fourth-order valence-corrected chi connectivity index (χ4v) is 3.99. The molecule has 0 radical (unpaired) electrons. The van der Waals surface area contributed by atoms with Crippen molar-refractivity contribution in [3.8, 4) is 34.3 Å². The molecule has 8 heteroatoms. The third-order valence-corrected chi connectivity index (χ3v) is 5.79. The van der Waals surface area contributed by atoms with Crippen LogP contribution < -0.4 is 15.4 Å². The van der Waals surface area contributed by atoms with Gasteiger partial charge in [-0.1, -0.05) is 12.1 Å². The Bertz CT molecular complexity index is 1530. The van der Waals surface area contributed by atoms with Gasteiger partial charge in [0.1, 0.15) is 28.4 Å². The molecule has 1 heterocycles. The van der Waals surface area contributed by atoms with E-state index in [0.717, 1.165) is 0 Å². The maximum absolute atomic E-state index is 13.5. The van der Waals surface area contributed by atoms with Gasteiger partial charge < -0.3 is 19.8 Å². The summed E-state index contributed by atoms with van der Waals surface area (Å²) in [7, 11) is 1.52. The van der Waals surface area contributed by atoms with Crippen molar-refractivity contribution < 1.29 is 23.1 Å². The van der Waals surface area contributed by atoms with Gasteiger partial charge in [0, 0.05) is 35.2 Å². The molecule has 1 aromatic heterocycles. The van der Waals surface area contributed by atoms with Crippen LogP contribution in [0, 0.1) is 17.1 Å². The van der Waals surface area contributed by atoms with Gasteiger partial charge in [-0.15, -0.1) is 0 Å². The van der Waals surface area contributed by atoms with Gasteiger partial charge in [-0.2, -0.15) is 5.26 Å². The van der Waals surface area contributed by atoms with Gasteiger partial charge in [0.25, 0.3) is 11.8 Å². The third kappa shape index (κ3) is 5.16. The Balaban J connectivity index is 1.90. The molecular weight excluding hydrogens is 473 g/mol. The lowest BCUT2D eigenvalue weighted by Gasteiger charge is -2.18. The number of halogens is 1. The second-order valence-corrected chi connectivity index (χ2v) is 8.94. The van der Waals surface area contributed by atoms with Crippen LogP contribution in [0.25, 0.3) is 33.4 Å². The number of benzene rings is 3. The number of hydrogen-bond donors (Lipinski definition) is 2.